The number of ether oxygens (including phenoxy) is 3. The summed E-state index contributed by atoms with van der Waals surface area (Å²) in [6.45, 7) is 3.71. The monoisotopic (exact) mass is 433 g/mol. The summed E-state index contributed by atoms with van der Waals surface area (Å²) in [6.07, 6.45) is 0.446. The summed E-state index contributed by atoms with van der Waals surface area (Å²) in [5.41, 5.74) is 5.93. The molecule has 2 rings (SSSR count). The van der Waals surface area contributed by atoms with Crippen molar-refractivity contribution in [3.05, 3.63) is 53.3 Å². The van der Waals surface area contributed by atoms with Gasteiger partial charge in [-0.15, -0.1) is 0 Å². The van der Waals surface area contributed by atoms with Crippen LogP contribution in [-0.4, -0.2) is 43.3 Å². The summed E-state index contributed by atoms with van der Waals surface area (Å²) in [6, 6.07) is 7.64. The summed E-state index contributed by atoms with van der Waals surface area (Å²) in [4.78, 5) is 26.7. The molecule has 0 heterocycles. The van der Waals surface area contributed by atoms with Crippen LogP contribution in [0.5, 0.6) is 11.5 Å². The van der Waals surface area contributed by atoms with E-state index in [1.165, 1.54) is 18.3 Å². The minimum atomic E-state index is -1.40. The maximum atomic E-state index is 14.9. The highest BCUT2D eigenvalue weighted by atomic mass is 19.1. The molecule has 0 aliphatic rings. The van der Waals surface area contributed by atoms with Crippen LogP contribution in [0.1, 0.15) is 31.0 Å². The van der Waals surface area contributed by atoms with Crippen LogP contribution in [0.3, 0.4) is 0 Å². The first-order valence-corrected chi connectivity index (χ1v) is 9.48. The van der Waals surface area contributed by atoms with Gasteiger partial charge in [0.05, 0.1) is 13.2 Å². The second kappa shape index (κ2) is 11.5. The lowest BCUT2D eigenvalue weighted by Crippen LogP contribution is -2.22. The standard InChI is InChI=1S/C21H24FN3O6/c1-3-29-15-9-16(18(22)17(10-15)30-4-2)19(20(26)27)25-14-7-5-13(6-8-14)11-24-21(28)31-12-23/h5-11,19,25H,3-4,12,23H2,1-2H3,(H,26,27)/b24-11+. The third-order valence-electron chi connectivity index (χ3n) is 3.96. The van der Waals surface area contributed by atoms with E-state index in [9.17, 15) is 19.1 Å². The van der Waals surface area contributed by atoms with Crippen molar-refractivity contribution < 1.29 is 33.3 Å². The van der Waals surface area contributed by atoms with Gasteiger partial charge in [-0.1, -0.05) is 12.1 Å². The van der Waals surface area contributed by atoms with Crippen LogP contribution in [0.4, 0.5) is 14.9 Å². The Morgan fingerprint density at radius 3 is 2.45 bits per heavy atom. The molecule has 1 amide bonds. The van der Waals surface area contributed by atoms with E-state index < -0.39 is 23.9 Å². The molecule has 0 spiro atoms. The zero-order valence-electron chi connectivity index (χ0n) is 17.1. The number of benzene rings is 2. The van der Waals surface area contributed by atoms with E-state index in [-0.39, 0.29) is 24.7 Å². The van der Waals surface area contributed by atoms with Crippen molar-refractivity contribution in [2.45, 2.75) is 19.9 Å². The lowest BCUT2D eigenvalue weighted by Gasteiger charge is -2.19. The zero-order chi connectivity index (χ0) is 22.8. The predicted molar refractivity (Wildman–Crippen MR) is 112 cm³/mol. The smallest absolute Gasteiger partial charge is 0.434 e. The van der Waals surface area contributed by atoms with E-state index in [1.807, 2.05) is 0 Å². The number of carboxylic acids is 1. The third kappa shape index (κ3) is 6.68. The van der Waals surface area contributed by atoms with Gasteiger partial charge in [0.15, 0.2) is 17.6 Å². The fourth-order valence-electron chi connectivity index (χ4n) is 2.65. The fourth-order valence-corrected chi connectivity index (χ4v) is 2.65. The van der Waals surface area contributed by atoms with Crippen molar-refractivity contribution in [1.82, 2.24) is 0 Å². The van der Waals surface area contributed by atoms with Crippen LogP contribution in [-0.2, 0) is 9.53 Å². The molecule has 166 valence electrons. The number of hydrogen-bond acceptors (Lipinski definition) is 7. The predicted octanol–water partition coefficient (Wildman–Crippen LogP) is 3.33. The maximum absolute atomic E-state index is 14.9. The molecule has 2 aromatic rings. The minimum Gasteiger partial charge on any atom is -0.494 e. The molecular weight excluding hydrogens is 409 g/mol. The largest absolute Gasteiger partial charge is 0.494 e. The second-order valence-corrected chi connectivity index (χ2v) is 6.06. The second-order valence-electron chi connectivity index (χ2n) is 6.06. The van der Waals surface area contributed by atoms with Gasteiger partial charge < -0.3 is 24.6 Å². The van der Waals surface area contributed by atoms with Crippen molar-refractivity contribution in [3.63, 3.8) is 0 Å². The van der Waals surface area contributed by atoms with Crippen molar-refractivity contribution in [3.8, 4) is 11.5 Å². The number of nitrogens with zero attached hydrogens (tertiary/aromatic N) is 1. The lowest BCUT2D eigenvalue weighted by molar-refractivity contribution is -0.138. The van der Waals surface area contributed by atoms with Gasteiger partial charge in [0, 0.05) is 23.5 Å². The Labute approximate surface area is 178 Å². The Bertz CT molecular complexity index is 933. The fraction of sp³-hybridized carbons (Fsp3) is 0.286. The van der Waals surface area contributed by atoms with Crippen molar-refractivity contribution in [2.24, 2.45) is 10.7 Å². The molecule has 10 heteroatoms. The Morgan fingerprint density at radius 2 is 1.87 bits per heavy atom. The Morgan fingerprint density at radius 1 is 1.19 bits per heavy atom. The number of carbonyl (C=O) groups is 2. The molecule has 0 aromatic heterocycles. The molecule has 4 N–H and O–H groups in total. The van der Waals surface area contributed by atoms with Crippen molar-refractivity contribution >= 4 is 24.0 Å². The van der Waals surface area contributed by atoms with Crippen LogP contribution in [0.15, 0.2) is 41.4 Å². The minimum absolute atomic E-state index is 0.0903. The first-order valence-electron chi connectivity index (χ1n) is 9.48. The average molecular weight is 433 g/mol. The molecule has 0 bridgehead atoms. The molecule has 0 fully saturated rings. The number of anilines is 1. The molecule has 0 radical (unpaired) electrons. The van der Waals surface area contributed by atoms with Crippen LogP contribution < -0.4 is 20.5 Å². The number of nitrogens with one attached hydrogen (secondary N) is 1. The first-order chi connectivity index (χ1) is 14.9. The van der Waals surface area contributed by atoms with Gasteiger partial charge in [-0.25, -0.2) is 14.0 Å². The van der Waals surface area contributed by atoms with Gasteiger partial charge in [0.2, 0.25) is 0 Å². The van der Waals surface area contributed by atoms with E-state index in [2.05, 4.69) is 15.0 Å². The van der Waals surface area contributed by atoms with E-state index in [0.717, 1.165) is 0 Å². The summed E-state index contributed by atoms with van der Waals surface area (Å²) in [7, 11) is 0. The number of halogens is 1. The van der Waals surface area contributed by atoms with Crippen LogP contribution >= 0.6 is 0 Å². The molecule has 0 aliphatic heterocycles. The number of aliphatic imine (C=N–C) groups is 1. The van der Waals surface area contributed by atoms with E-state index in [1.54, 1.807) is 38.1 Å². The highest BCUT2D eigenvalue weighted by molar-refractivity contribution is 5.89. The topological polar surface area (TPSA) is 132 Å². The van der Waals surface area contributed by atoms with Gasteiger partial charge in [0.25, 0.3) is 0 Å². The number of amides is 1. The van der Waals surface area contributed by atoms with Gasteiger partial charge in [-0.2, -0.15) is 4.99 Å². The molecule has 2 aromatic carbocycles. The van der Waals surface area contributed by atoms with E-state index in [4.69, 9.17) is 15.2 Å². The molecule has 1 unspecified atom stereocenters. The van der Waals surface area contributed by atoms with Gasteiger partial charge in [-0.3, -0.25) is 5.73 Å². The SMILES string of the molecule is CCOc1cc(OCC)c(F)c(C(Nc2ccc(/C=N/C(=O)OCN)cc2)C(=O)O)c1. The number of hydrogen-bond donors (Lipinski definition) is 3. The summed E-state index contributed by atoms with van der Waals surface area (Å²) in [5.74, 6) is -1.86. The van der Waals surface area contributed by atoms with Crippen LogP contribution in [0.25, 0.3) is 0 Å². The number of rotatable bonds is 10. The highest BCUT2D eigenvalue weighted by Gasteiger charge is 2.26. The number of nitrogens with two attached hydrogens (primary N) is 1. The Kier molecular flexibility index (Phi) is 8.77. The van der Waals surface area contributed by atoms with Gasteiger partial charge in [0.1, 0.15) is 12.5 Å². The number of carboxylic acid groups (broad SMARTS) is 1. The average Bonchev–Trinajstić information content (AvgIpc) is 2.74. The third-order valence-corrected chi connectivity index (χ3v) is 3.96. The first kappa shape index (κ1) is 23.6. The van der Waals surface area contributed by atoms with Gasteiger partial charge >= 0.3 is 12.1 Å². The van der Waals surface area contributed by atoms with E-state index >= 15 is 0 Å². The zero-order valence-corrected chi connectivity index (χ0v) is 17.1. The summed E-state index contributed by atoms with van der Waals surface area (Å²) >= 11 is 0. The summed E-state index contributed by atoms with van der Waals surface area (Å²) < 4.78 is 30.1. The van der Waals surface area contributed by atoms with Crippen LogP contribution in [0.2, 0.25) is 0 Å². The quantitative estimate of drug-likeness (QED) is 0.384. The number of carbonyl (C=O) groups excluding carboxylic acids is 1. The van der Waals surface area contributed by atoms with Gasteiger partial charge in [-0.05, 0) is 37.6 Å². The Hall–Kier alpha value is -3.66. The normalized spacial score (nSPS) is 11.7. The molecule has 0 aliphatic carbocycles. The number of aliphatic carboxylic acids is 1. The maximum Gasteiger partial charge on any atom is 0.434 e. The van der Waals surface area contributed by atoms with Crippen molar-refractivity contribution in [1.29, 1.82) is 0 Å². The lowest BCUT2D eigenvalue weighted by atomic mass is 10.0. The molecule has 31 heavy (non-hydrogen) atoms. The molecule has 9 nitrogen and oxygen atoms in total. The highest BCUT2D eigenvalue weighted by Crippen LogP contribution is 2.33. The van der Waals surface area contributed by atoms with Crippen molar-refractivity contribution in [2.75, 3.05) is 25.3 Å². The van der Waals surface area contributed by atoms with E-state index in [0.29, 0.717) is 23.6 Å². The molecule has 1 atom stereocenters. The molecule has 0 saturated carbocycles. The molecular formula is C21H24FN3O6. The summed E-state index contributed by atoms with van der Waals surface area (Å²) in [5, 5.41) is 12.5. The Balaban J connectivity index is 2.29. The molecule has 0 saturated heterocycles. The van der Waals surface area contributed by atoms with Crippen LogP contribution in [0, 0.1) is 5.82 Å².